The first-order valence-electron chi connectivity index (χ1n) is 10.9. The maximum Gasteiger partial charge on any atom is 0.329 e. The molecule has 1 atom stereocenters. The molecule has 0 saturated carbocycles. The van der Waals surface area contributed by atoms with Crippen molar-refractivity contribution in [2.24, 2.45) is 0 Å². The fraction of sp³-hybridized carbons (Fsp3) is 0.417. The quantitative estimate of drug-likeness (QED) is 0.695. The second kappa shape index (κ2) is 8.42. The highest BCUT2D eigenvalue weighted by atomic mass is 16.7. The fourth-order valence-electron chi connectivity index (χ4n) is 4.69. The number of ether oxygens (including phenoxy) is 2. The van der Waals surface area contributed by atoms with Gasteiger partial charge in [0, 0.05) is 32.5 Å². The smallest absolute Gasteiger partial charge is 0.329 e. The van der Waals surface area contributed by atoms with Gasteiger partial charge in [-0.25, -0.2) is 9.69 Å². The molecule has 31 heavy (non-hydrogen) atoms. The number of urea groups is 1. The van der Waals surface area contributed by atoms with Crippen LogP contribution in [0.4, 0.5) is 4.79 Å². The SMILES string of the molecule is O=C1C(c2ccccc2)N(Cc2ccccc2)C(=O)N1CN1CCC2(CC1)OCCO2. The van der Waals surface area contributed by atoms with Gasteiger partial charge in [0.2, 0.25) is 0 Å². The molecule has 3 aliphatic rings. The predicted octanol–water partition coefficient (Wildman–Crippen LogP) is 2.99. The molecular weight excluding hydrogens is 394 g/mol. The normalized spacial score (nSPS) is 23.8. The molecule has 162 valence electrons. The summed E-state index contributed by atoms with van der Waals surface area (Å²) in [5.41, 5.74) is 1.84. The summed E-state index contributed by atoms with van der Waals surface area (Å²) < 4.78 is 11.6. The van der Waals surface area contributed by atoms with Gasteiger partial charge in [0.15, 0.2) is 5.79 Å². The van der Waals surface area contributed by atoms with Crippen molar-refractivity contribution in [2.75, 3.05) is 33.0 Å². The Hall–Kier alpha value is -2.74. The Bertz CT molecular complexity index is 920. The fourth-order valence-corrected chi connectivity index (χ4v) is 4.69. The summed E-state index contributed by atoms with van der Waals surface area (Å²) in [7, 11) is 0. The number of likely N-dealkylation sites (tertiary alicyclic amines) is 1. The van der Waals surface area contributed by atoms with Gasteiger partial charge in [-0.15, -0.1) is 0 Å². The average molecular weight is 421 g/mol. The lowest BCUT2D eigenvalue weighted by Crippen LogP contribution is -2.50. The van der Waals surface area contributed by atoms with E-state index in [0.717, 1.165) is 37.1 Å². The van der Waals surface area contributed by atoms with Crippen LogP contribution in [0.25, 0.3) is 0 Å². The van der Waals surface area contributed by atoms with Crippen molar-refractivity contribution in [1.82, 2.24) is 14.7 Å². The van der Waals surface area contributed by atoms with E-state index in [1.807, 2.05) is 60.7 Å². The first-order chi connectivity index (χ1) is 15.2. The van der Waals surface area contributed by atoms with Crippen LogP contribution in [0.3, 0.4) is 0 Å². The van der Waals surface area contributed by atoms with E-state index in [-0.39, 0.29) is 11.9 Å². The molecule has 5 rings (SSSR count). The molecule has 7 nitrogen and oxygen atoms in total. The van der Waals surface area contributed by atoms with Crippen molar-refractivity contribution in [2.45, 2.75) is 31.2 Å². The Balaban J connectivity index is 1.34. The highest BCUT2D eigenvalue weighted by Gasteiger charge is 2.47. The third-order valence-corrected chi connectivity index (χ3v) is 6.37. The molecule has 2 aromatic rings. The lowest BCUT2D eigenvalue weighted by Gasteiger charge is -2.38. The van der Waals surface area contributed by atoms with Crippen LogP contribution >= 0.6 is 0 Å². The number of nitrogens with zero attached hydrogens (tertiary/aromatic N) is 3. The Kier molecular flexibility index (Phi) is 5.48. The Morgan fingerprint density at radius 2 is 1.48 bits per heavy atom. The van der Waals surface area contributed by atoms with Crippen LogP contribution in [-0.4, -0.2) is 65.4 Å². The van der Waals surface area contributed by atoms with E-state index in [0.29, 0.717) is 26.4 Å². The molecule has 3 amide bonds. The molecule has 0 aromatic heterocycles. The number of carbonyl (C=O) groups excluding carboxylic acids is 2. The molecule has 3 heterocycles. The van der Waals surface area contributed by atoms with E-state index in [1.165, 1.54) is 4.90 Å². The molecule has 2 aromatic carbocycles. The lowest BCUT2D eigenvalue weighted by atomic mass is 10.0. The molecule has 3 fully saturated rings. The molecular formula is C24H27N3O4. The van der Waals surface area contributed by atoms with E-state index in [9.17, 15) is 9.59 Å². The van der Waals surface area contributed by atoms with Crippen molar-refractivity contribution >= 4 is 11.9 Å². The minimum Gasteiger partial charge on any atom is -0.347 e. The molecule has 0 N–H and O–H groups in total. The molecule has 1 unspecified atom stereocenters. The third-order valence-electron chi connectivity index (χ3n) is 6.37. The topological polar surface area (TPSA) is 62.3 Å². The number of carbonyl (C=O) groups is 2. The van der Waals surface area contributed by atoms with Crippen LogP contribution in [-0.2, 0) is 20.8 Å². The van der Waals surface area contributed by atoms with Gasteiger partial charge in [0.25, 0.3) is 5.91 Å². The van der Waals surface area contributed by atoms with Crippen LogP contribution in [0.1, 0.15) is 30.0 Å². The molecule has 1 spiro atoms. The van der Waals surface area contributed by atoms with Crippen molar-refractivity contribution in [1.29, 1.82) is 0 Å². The van der Waals surface area contributed by atoms with Gasteiger partial charge in [-0.1, -0.05) is 60.7 Å². The summed E-state index contributed by atoms with van der Waals surface area (Å²) in [6.07, 6.45) is 1.50. The molecule has 3 saturated heterocycles. The van der Waals surface area contributed by atoms with Crippen molar-refractivity contribution < 1.29 is 19.1 Å². The zero-order chi connectivity index (χ0) is 21.3. The Labute approximate surface area is 182 Å². The van der Waals surface area contributed by atoms with Gasteiger partial charge in [0.05, 0.1) is 19.9 Å². The van der Waals surface area contributed by atoms with Crippen LogP contribution in [0.2, 0.25) is 0 Å². The Morgan fingerprint density at radius 1 is 0.871 bits per heavy atom. The van der Waals surface area contributed by atoms with Crippen LogP contribution in [0.5, 0.6) is 0 Å². The standard InChI is InChI=1S/C24H27N3O4/c28-22-21(20-9-5-2-6-10-20)26(17-19-7-3-1-4-8-19)23(29)27(22)18-25-13-11-24(12-14-25)30-15-16-31-24/h1-10,21H,11-18H2. The van der Waals surface area contributed by atoms with Gasteiger partial charge in [-0.3, -0.25) is 9.69 Å². The summed E-state index contributed by atoms with van der Waals surface area (Å²) in [5, 5.41) is 0. The highest BCUT2D eigenvalue weighted by molar-refractivity contribution is 6.04. The van der Waals surface area contributed by atoms with E-state index in [2.05, 4.69) is 4.90 Å². The van der Waals surface area contributed by atoms with E-state index >= 15 is 0 Å². The highest BCUT2D eigenvalue weighted by Crippen LogP contribution is 2.35. The van der Waals surface area contributed by atoms with Gasteiger partial charge < -0.3 is 14.4 Å². The van der Waals surface area contributed by atoms with Gasteiger partial charge in [0.1, 0.15) is 6.04 Å². The minimum atomic E-state index is -0.605. The number of hydrogen-bond acceptors (Lipinski definition) is 5. The average Bonchev–Trinajstić information content (AvgIpc) is 3.35. The predicted molar refractivity (Wildman–Crippen MR) is 114 cm³/mol. The number of benzene rings is 2. The third kappa shape index (κ3) is 3.96. The first kappa shape index (κ1) is 20.2. The van der Waals surface area contributed by atoms with Gasteiger partial charge >= 0.3 is 6.03 Å². The number of rotatable bonds is 5. The van der Waals surface area contributed by atoms with Crippen LogP contribution in [0, 0.1) is 0 Å². The lowest BCUT2D eigenvalue weighted by molar-refractivity contribution is -0.186. The van der Waals surface area contributed by atoms with Crippen molar-refractivity contribution in [3.8, 4) is 0 Å². The van der Waals surface area contributed by atoms with Gasteiger partial charge in [-0.05, 0) is 11.1 Å². The zero-order valence-electron chi connectivity index (χ0n) is 17.5. The number of hydrogen-bond donors (Lipinski definition) is 0. The summed E-state index contributed by atoms with van der Waals surface area (Å²) in [6, 6.07) is 18.5. The first-order valence-corrected chi connectivity index (χ1v) is 10.9. The van der Waals surface area contributed by atoms with Gasteiger partial charge in [-0.2, -0.15) is 0 Å². The number of piperidine rings is 1. The van der Waals surface area contributed by atoms with E-state index in [4.69, 9.17) is 9.47 Å². The van der Waals surface area contributed by atoms with Crippen molar-refractivity contribution in [3.05, 3.63) is 71.8 Å². The maximum atomic E-state index is 13.4. The largest absolute Gasteiger partial charge is 0.347 e. The van der Waals surface area contributed by atoms with Crippen LogP contribution in [0.15, 0.2) is 60.7 Å². The van der Waals surface area contributed by atoms with E-state index in [1.54, 1.807) is 4.90 Å². The second-order valence-electron chi connectivity index (χ2n) is 8.34. The zero-order valence-corrected chi connectivity index (χ0v) is 17.5. The summed E-state index contributed by atoms with van der Waals surface area (Å²) in [6.45, 7) is 3.42. The minimum absolute atomic E-state index is 0.166. The Morgan fingerprint density at radius 3 is 2.13 bits per heavy atom. The molecule has 7 heteroatoms. The summed E-state index contributed by atoms with van der Waals surface area (Å²) in [4.78, 5) is 32.0. The number of amides is 3. The van der Waals surface area contributed by atoms with Crippen molar-refractivity contribution in [3.63, 3.8) is 0 Å². The van der Waals surface area contributed by atoms with E-state index < -0.39 is 11.8 Å². The molecule has 0 bridgehead atoms. The second-order valence-corrected chi connectivity index (χ2v) is 8.34. The molecule has 3 aliphatic heterocycles. The molecule has 0 radical (unpaired) electrons. The monoisotopic (exact) mass is 421 g/mol. The number of imide groups is 1. The summed E-state index contributed by atoms with van der Waals surface area (Å²) in [5.74, 6) is -0.637. The maximum absolute atomic E-state index is 13.4. The summed E-state index contributed by atoms with van der Waals surface area (Å²) >= 11 is 0. The van der Waals surface area contributed by atoms with Crippen LogP contribution < -0.4 is 0 Å². The molecule has 0 aliphatic carbocycles.